The molecule has 0 spiro atoms. The highest BCUT2D eigenvalue weighted by Crippen LogP contribution is 2.29. The van der Waals surface area contributed by atoms with Crippen molar-refractivity contribution >= 4 is 44.6 Å². The zero-order chi connectivity index (χ0) is 18.4. The summed E-state index contributed by atoms with van der Waals surface area (Å²) in [7, 11) is -5.57. The van der Waals surface area contributed by atoms with Crippen molar-refractivity contribution in [3.8, 4) is 0 Å². The number of nitrogens with one attached hydrogen (secondary N) is 1. The van der Waals surface area contributed by atoms with Crippen molar-refractivity contribution in [3.63, 3.8) is 0 Å². The second kappa shape index (κ2) is 8.59. The molecule has 0 heterocycles. The van der Waals surface area contributed by atoms with E-state index < -0.39 is 15.5 Å². The quantitative estimate of drug-likeness (QED) is 0.413. The van der Waals surface area contributed by atoms with Crippen LogP contribution in [0.1, 0.15) is 18.9 Å². The van der Waals surface area contributed by atoms with E-state index in [2.05, 4.69) is 5.16 Å². The second-order valence-electron chi connectivity index (χ2n) is 4.29. The summed E-state index contributed by atoms with van der Waals surface area (Å²) in [5.41, 5.74) is -4.26. The van der Waals surface area contributed by atoms with E-state index in [1.165, 1.54) is 28.5 Å². The first-order valence-electron chi connectivity index (χ1n) is 6.45. The van der Waals surface area contributed by atoms with Gasteiger partial charge in [0.1, 0.15) is 6.61 Å². The van der Waals surface area contributed by atoms with E-state index in [0.29, 0.717) is 0 Å². The third-order valence-corrected chi connectivity index (χ3v) is 4.12. The average Bonchev–Trinajstić information content (AvgIpc) is 2.48. The molecule has 134 valence electrons. The Hall–Kier alpha value is -1.45. The highest BCUT2D eigenvalue weighted by atomic mass is 35.5. The summed E-state index contributed by atoms with van der Waals surface area (Å²) in [6.07, 6.45) is 1.70. The molecule has 0 atom stereocenters. The molecule has 0 fully saturated rings. The molecule has 1 N–H and O–H groups in total. The maximum atomic E-state index is 12.5. The fraction of sp³-hybridized carbons (Fsp3) is 0.308. The van der Waals surface area contributed by atoms with Crippen molar-refractivity contribution in [1.82, 2.24) is 0 Å². The first-order chi connectivity index (χ1) is 11.1. The van der Waals surface area contributed by atoms with Gasteiger partial charge in [-0.2, -0.15) is 21.6 Å². The zero-order valence-electron chi connectivity index (χ0n) is 12.3. The lowest BCUT2D eigenvalue weighted by Crippen LogP contribution is -2.30. The normalized spacial score (nSPS) is 13.3. The molecule has 1 rings (SSSR count). The topological polar surface area (TPSA) is 67.8 Å². The lowest BCUT2D eigenvalue weighted by Gasteiger charge is -2.15. The number of rotatable bonds is 7. The Kier molecular flexibility index (Phi) is 7.37. The maximum absolute atomic E-state index is 12.5. The number of benzene rings is 1. The van der Waals surface area contributed by atoms with Crippen LogP contribution in [0.15, 0.2) is 35.0 Å². The lowest BCUT2D eigenvalue weighted by molar-refractivity contribution is -0.0429. The average molecular weight is 405 g/mol. The van der Waals surface area contributed by atoms with Crippen LogP contribution in [0.2, 0.25) is 5.02 Å². The van der Waals surface area contributed by atoms with Crippen molar-refractivity contribution in [2.24, 2.45) is 5.16 Å². The van der Waals surface area contributed by atoms with Gasteiger partial charge in [0.25, 0.3) is 0 Å². The summed E-state index contributed by atoms with van der Waals surface area (Å²) in [4.78, 5) is 4.95. The van der Waals surface area contributed by atoms with Crippen molar-refractivity contribution in [3.05, 3.63) is 40.4 Å². The third kappa shape index (κ3) is 5.57. The van der Waals surface area contributed by atoms with Gasteiger partial charge in [-0.25, -0.2) is 0 Å². The molecule has 0 radical (unpaired) electrons. The van der Waals surface area contributed by atoms with E-state index in [4.69, 9.17) is 28.0 Å². The van der Waals surface area contributed by atoms with Crippen LogP contribution in [0.5, 0.6) is 0 Å². The van der Waals surface area contributed by atoms with Gasteiger partial charge in [-0.1, -0.05) is 35.3 Å². The molecule has 11 heteroatoms. The van der Waals surface area contributed by atoms with Gasteiger partial charge in [0.05, 0.1) is 11.4 Å². The smallest absolute Gasteiger partial charge is 0.391 e. The maximum Gasteiger partial charge on any atom is 0.516 e. The molecule has 0 amide bonds. The summed E-state index contributed by atoms with van der Waals surface area (Å²) in [5.74, 6) is 0. The number of hydrogen-bond donors (Lipinski definition) is 1. The Labute approximate surface area is 147 Å². The number of nitrogens with zero attached hydrogens (tertiary/aromatic N) is 1. The molecule has 0 bridgehead atoms. The molecule has 0 saturated carbocycles. The van der Waals surface area contributed by atoms with Crippen LogP contribution in [0, 0.1) is 0 Å². The number of sulfonamides is 1. The molecular weight excluding hydrogens is 392 g/mol. The highest BCUT2D eigenvalue weighted by molar-refractivity contribution is 7.93. The summed E-state index contributed by atoms with van der Waals surface area (Å²) in [6, 6.07) is 3.66. The summed E-state index contributed by atoms with van der Waals surface area (Å²) >= 11 is 11.2. The minimum Gasteiger partial charge on any atom is -0.391 e. The van der Waals surface area contributed by atoms with Gasteiger partial charge >= 0.3 is 15.5 Å². The molecule has 5 nitrogen and oxygen atoms in total. The Balaban J connectivity index is 3.25. The Morgan fingerprint density at radius 3 is 2.62 bits per heavy atom. The first-order valence-corrected chi connectivity index (χ1v) is 8.75. The standard InChI is InChI=1S/C13H13Cl2F3N2O3S/c1-2-11(19-23-7-3-6-14)10-8-9(15)4-5-12(10)20-24(21,22)13(16,17)18/h3-6,8,20H,2,7H2,1H3. The van der Waals surface area contributed by atoms with Gasteiger partial charge in [0.15, 0.2) is 0 Å². The van der Waals surface area contributed by atoms with E-state index in [-0.39, 0.29) is 35.0 Å². The van der Waals surface area contributed by atoms with E-state index >= 15 is 0 Å². The van der Waals surface area contributed by atoms with Gasteiger partial charge in [0.2, 0.25) is 0 Å². The SMILES string of the molecule is CCC(=NOCC=CCl)c1cc(Cl)ccc1NS(=O)(=O)C(F)(F)F. The molecule has 1 aromatic rings. The summed E-state index contributed by atoms with van der Waals surface area (Å²) in [6.45, 7) is 1.71. The van der Waals surface area contributed by atoms with Crippen molar-refractivity contribution in [2.45, 2.75) is 18.9 Å². The van der Waals surface area contributed by atoms with E-state index in [1.54, 1.807) is 6.92 Å². The van der Waals surface area contributed by atoms with Crippen LogP contribution in [-0.2, 0) is 14.9 Å². The van der Waals surface area contributed by atoms with Crippen LogP contribution in [-0.4, -0.2) is 26.2 Å². The van der Waals surface area contributed by atoms with Gasteiger partial charge in [-0.15, -0.1) is 0 Å². The van der Waals surface area contributed by atoms with Crippen LogP contribution < -0.4 is 4.72 Å². The van der Waals surface area contributed by atoms with Crippen molar-refractivity contribution in [2.75, 3.05) is 11.3 Å². The highest BCUT2D eigenvalue weighted by Gasteiger charge is 2.46. The van der Waals surface area contributed by atoms with Gasteiger partial charge in [-0.3, -0.25) is 4.72 Å². The number of oxime groups is 1. The monoisotopic (exact) mass is 404 g/mol. The van der Waals surface area contributed by atoms with Gasteiger partial charge in [-0.05, 0) is 30.7 Å². The van der Waals surface area contributed by atoms with Crippen molar-refractivity contribution < 1.29 is 26.4 Å². The Bertz CT molecular complexity index is 734. The third-order valence-electron chi connectivity index (χ3n) is 2.61. The Morgan fingerprint density at radius 2 is 2.08 bits per heavy atom. The van der Waals surface area contributed by atoms with Crippen LogP contribution in [0.3, 0.4) is 0 Å². The molecule has 0 aliphatic rings. The molecular formula is C13H13Cl2F3N2O3S. The van der Waals surface area contributed by atoms with Crippen LogP contribution in [0.25, 0.3) is 0 Å². The molecule has 1 aromatic carbocycles. The summed E-state index contributed by atoms with van der Waals surface area (Å²) < 4.78 is 61.7. The summed E-state index contributed by atoms with van der Waals surface area (Å²) in [5, 5.41) is 3.97. The van der Waals surface area contributed by atoms with Crippen molar-refractivity contribution in [1.29, 1.82) is 0 Å². The van der Waals surface area contributed by atoms with Gasteiger partial charge < -0.3 is 4.84 Å². The van der Waals surface area contributed by atoms with E-state index in [1.807, 2.05) is 0 Å². The van der Waals surface area contributed by atoms with E-state index in [0.717, 1.165) is 6.07 Å². The predicted molar refractivity (Wildman–Crippen MR) is 87.8 cm³/mol. The molecule has 24 heavy (non-hydrogen) atoms. The van der Waals surface area contributed by atoms with Gasteiger partial charge in [0, 0.05) is 16.1 Å². The molecule has 0 unspecified atom stereocenters. The van der Waals surface area contributed by atoms with Crippen LogP contribution >= 0.6 is 23.2 Å². The number of halogens is 5. The minimum atomic E-state index is -5.57. The first kappa shape index (κ1) is 20.6. The zero-order valence-corrected chi connectivity index (χ0v) is 14.6. The fourth-order valence-corrected chi connectivity index (χ4v) is 2.37. The predicted octanol–water partition coefficient (Wildman–Crippen LogP) is 4.48. The van der Waals surface area contributed by atoms with Crippen LogP contribution in [0.4, 0.5) is 18.9 Å². The molecule has 0 aliphatic heterocycles. The largest absolute Gasteiger partial charge is 0.516 e. The second-order valence-corrected chi connectivity index (χ2v) is 6.65. The molecule has 0 aromatic heterocycles. The number of alkyl halides is 3. The number of hydrogen-bond acceptors (Lipinski definition) is 4. The Morgan fingerprint density at radius 1 is 1.42 bits per heavy atom. The number of anilines is 1. The molecule has 0 aliphatic carbocycles. The van der Waals surface area contributed by atoms with E-state index in [9.17, 15) is 21.6 Å². The fourth-order valence-electron chi connectivity index (χ4n) is 1.55. The lowest BCUT2D eigenvalue weighted by atomic mass is 10.1. The minimum absolute atomic E-state index is 0.0389. The molecule has 0 saturated heterocycles.